The third-order valence-electron chi connectivity index (χ3n) is 13.4. The number of amides is 1. The minimum atomic E-state index is -4.05. The number of fused-ring (bicyclic) bond motifs is 1. The molecule has 0 bridgehead atoms. The van der Waals surface area contributed by atoms with Crippen LogP contribution in [-0.4, -0.2) is 182 Å². The molecule has 1 amide bonds. The van der Waals surface area contributed by atoms with Gasteiger partial charge in [-0.05, 0) is 126 Å². The molecule has 2 aliphatic heterocycles. The van der Waals surface area contributed by atoms with E-state index in [4.69, 9.17) is 71.1 Å². The summed E-state index contributed by atoms with van der Waals surface area (Å²) >= 11 is 0. The minimum Gasteiger partial charge on any atom is -0.550 e. The predicted octanol–water partition coefficient (Wildman–Crippen LogP) is 4.85. The van der Waals surface area contributed by atoms with Crippen LogP contribution in [0.2, 0.25) is 0 Å². The van der Waals surface area contributed by atoms with E-state index in [1.807, 2.05) is 58.0 Å². The van der Waals surface area contributed by atoms with Gasteiger partial charge in [0.15, 0.2) is 18.5 Å². The monoisotopic (exact) mass is 1530 g/mol. The van der Waals surface area contributed by atoms with Crippen molar-refractivity contribution in [3.8, 4) is 17.2 Å². The number of hydrogen-bond acceptors (Lipinski definition) is 28. The third kappa shape index (κ3) is 42.2. The molecule has 4 aromatic rings. The summed E-state index contributed by atoms with van der Waals surface area (Å²) < 4.78 is 110. The summed E-state index contributed by atoms with van der Waals surface area (Å²) in [5.41, 5.74) is 1.64. The van der Waals surface area contributed by atoms with Gasteiger partial charge in [-0.3, -0.25) is 13.8 Å². The molecule has 2 aliphatic rings. The Morgan fingerprint density at radius 2 is 1.18 bits per heavy atom. The number of aliphatic carboxylic acids is 2. The fourth-order valence-electron chi connectivity index (χ4n) is 8.89. The van der Waals surface area contributed by atoms with Gasteiger partial charge in [-0.1, -0.05) is 94.8 Å². The van der Waals surface area contributed by atoms with Crippen molar-refractivity contribution >= 4 is 81.7 Å². The van der Waals surface area contributed by atoms with Crippen LogP contribution in [-0.2, 0) is 113 Å². The molecule has 573 valence electrons. The zero-order valence-corrected chi connectivity index (χ0v) is 65.8. The number of carbonyl (C=O) groups is 7. The number of hydrogen-bond donors (Lipinski definition) is 4. The first kappa shape index (κ1) is 99.0. The van der Waals surface area contributed by atoms with Crippen molar-refractivity contribution in [2.45, 2.75) is 163 Å². The van der Waals surface area contributed by atoms with Crippen molar-refractivity contribution in [3.05, 3.63) is 120 Å². The van der Waals surface area contributed by atoms with Crippen LogP contribution in [0, 0.1) is 11.8 Å². The molecule has 31 nitrogen and oxygen atoms in total. The normalized spacial score (nSPS) is 16.0. The Balaban J connectivity index is 0. The van der Waals surface area contributed by atoms with Crippen LogP contribution in [0.5, 0.6) is 17.2 Å². The number of carbonyl (C=O) groups excluding carboxylic acids is 8. The van der Waals surface area contributed by atoms with E-state index in [0.29, 0.717) is 49.7 Å². The molecule has 0 aliphatic carbocycles. The number of unbranched alkanes of at least 4 members (excludes halogenated alkanes) is 1. The largest absolute Gasteiger partial charge is 1.00 e. The molecule has 2 saturated heterocycles. The first-order valence-electron chi connectivity index (χ1n) is 32.7. The van der Waals surface area contributed by atoms with Crippen LogP contribution in [0.1, 0.15) is 119 Å². The summed E-state index contributed by atoms with van der Waals surface area (Å²) in [7, 11) is -9.73. The Bertz CT molecular complexity index is 3360. The number of carboxylic acids is 2. The van der Waals surface area contributed by atoms with Crippen molar-refractivity contribution in [3.63, 3.8) is 0 Å². The summed E-state index contributed by atoms with van der Waals surface area (Å²) in [4.78, 5) is 99.5. The van der Waals surface area contributed by atoms with Crippen molar-refractivity contribution < 1.29 is 162 Å². The number of esters is 2. The maximum Gasteiger partial charge on any atom is 1.00 e. The molecule has 2 heterocycles. The quantitative estimate of drug-likeness (QED) is 0.00923. The number of ether oxygens (including phenoxy) is 6. The SMILES string of the molecule is CC(=O)OOC(C)=O.CC(=O)[O-].CCCCC(=O)O.CCCP(=O)(Oc1ccccc1)O[C@@H](C)C(=O)OCC.CCOC(=O)[C@H](C)OP(=O)(CCNCc1ccc(C[C@H](NC(=O)O[C@H]2CO[C@H]3OCC[C@H]32)[C@H](O)CN(CC(C)C)S(=O)(=O)c2ccc(OC)cc2)cc1)Oc1ccccc1.O=C=O.[B].[Na+]. The topological polar surface area (TPSA) is 423 Å². The number of alkyl carbamates (subject to hydrolysis) is 1. The number of nitrogens with one attached hydrogen (secondary N) is 2. The van der Waals surface area contributed by atoms with Crippen LogP contribution in [0.15, 0.2) is 114 Å². The van der Waals surface area contributed by atoms with E-state index in [2.05, 4.69) is 20.4 Å². The van der Waals surface area contributed by atoms with Crippen LogP contribution in [0.4, 0.5) is 4.79 Å². The van der Waals surface area contributed by atoms with E-state index in [9.17, 15) is 51.4 Å². The summed E-state index contributed by atoms with van der Waals surface area (Å²) in [5, 5.41) is 34.7. The Labute approximate surface area is 632 Å². The molecule has 2 fully saturated rings. The standard InChI is InChI=1S/C42H58N3O13PS.C14H21O5P.C5H10O2.C4H6O4.C2H4O2.CO2.B.Na/c1-6-53-40(47)30(4)57-59(49,58-34-10-8-7-9-11-34)23-21-43-25-32-14-12-31(13-15-32)24-37(44-42(48)56-39-28-55-41-36(39)20-22-54-41)38(46)27-45(26-29(2)3)60(50,51)35-18-16-33(52-5)17-19-35;1-4-11-20(16,18-12(3)14(15)17-5-2)19-13-9-7-6-8-10-13;1-2-3-4-5(6)7;1-3(5)7-8-4(2)6;1-2(3)4;2-1-3;;/h7-19,29-30,36-39,41,43,46H,6,20-28H2,1-5H3,(H,44,48);6-10,12H,4-5,11H2,1-3H3;2-4H2,1H3,(H,6,7);1-2H3;1H3,(H,3,4);;;/q;;;;;;;+1/p-1/t30-,36-,37-,38+,39-,41+,59?;12-,20?;;;;;;/m00....../s1. The molecule has 4 aromatic carbocycles. The maximum absolute atomic E-state index is 13.9. The van der Waals surface area contributed by atoms with Crippen molar-refractivity contribution in [2.75, 3.05) is 65.5 Å². The second kappa shape index (κ2) is 54.5. The van der Waals surface area contributed by atoms with Crippen LogP contribution >= 0.6 is 15.2 Å². The zero-order valence-electron chi connectivity index (χ0n) is 61.2. The number of aliphatic hydroxyl groups is 1. The van der Waals surface area contributed by atoms with E-state index in [0.717, 1.165) is 44.7 Å². The molecule has 104 heavy (non-hydrogen) atoms. The number of carboxylic acid groups (broad SMARTS) is 2. The van der Waals surface area contributed by atoms with Gasteiger partial charge < -0.3 is 68.2 Å². The Morgan fingerprint density at radius 1 is 0.702 bits per heavy atom. The van der Waals surface area contributed by atoms with Gasteiger partial charge in [0.1, 0.15) is 23.4 Å². The van der Waals surface area contributed by atoms with E-state index in [1.54, 1.807) is 80.6 Å². The van der Waals surface area contributed by atoms with Gasteiger partial charge in [-0.15, -0.1) is 0 Å². The summed E-state index contributed by atoms with van der Waals surface area (Å²) in [6, 6.07) is 29.9. The van der Waals surface area contributed by atoms with Gasteiger partial charge in [0, 0.05) is 60.8 Å². The third-order valence-corrected chi connectivity index (χ3v) is 19.3. The first-order chi connectivity index (χ1) is 48.2. The summed E-state index contributed by atoms with van der Waals surface area (Å²) in [6.45, 7) is 18.8. The molecule has 3 radical (unpaired) electrons. The van der Waals surface area contributed by atoms with Crippen molar-refractivity contribution in [1.29, 1.82) is 0 Å². The number of rotatable bonds is 34. The fraction of sp³-hybridized carbons (Fsp3) is 0.529. The predicted molar refractivity (Wildman–Crippen MR) is 371 cm³/mol. The zero-order chi connectivity index (χ0) is 76.8. The van der Waals surface area contributed by atoms with Gasteiger partial charge in [0.2, 0.25) is 10.0 Å². The summed E-state index contributed by atoms with van der Waals surface area (Å²) in [6.07, 6.45) is -1.08. The van der Waals surface area contributed by atoms with Crippen molar-refractivity contribution in [1.82, 2.24) is 14.9 Å². The second-order valence-electron chi connectivity index (χ2n) is 22.6. The number of methoxy groups -OCH3 is 1. The smallest absolute Gasteiger partial charge is 0.550 e. The van der Waals surface area contributed by atoms with Gasteiger partial charge >= 0.3 is 86.8 Å². The van der Waals surface area contributed by atoms with Gasteiger partial charge in [0.05, 0.1) is 68.8 Å². The second-order valence-corrected chi connectivity index (χ2v) is 28.6. The Morgan fingerprint density at radius 3 is 1.61 bits per heavy atom. The van der Waals surface area contributed by atoms with Gasteiger partial charge in [-0.2, -0.15) is 13.9 Å². The fourth-order valence-corrected chi connectivity index (χ4v) is 14.0. The molecule has 0 saturated carbocycles. The molecule has 0 spiro atoms. The van der Waals surface area contributed by atoms with Gasteiger partial charge in [-0.25, -0.2) is 51.3 Å². The Kier molecular flexibility index (Phi) is 51.9. The van der Waals surface area contributed by atoms with Crippen LogP contribution in [0.3, 0.4) is 0 Å². The number of sulfonamides is 1. The molecular formula is C68H98BN3NaO28P2S. The number of aliphatic hydroxyl groups excluding tert-OH is 1. The van der Waals surface area contributed by atoms with E-state index < -0.39 is 104 Å². The molecule has 2 unspecified atom stereocenters. The first-order valence-corrected chi connectivity index (χ1v) is 37.6. The van der Waals surface area contributed by atoms with Gasteiger partial charge in [0.25, 0.3) is 0 Å². The maximum atomic E-state index is 13.9. The van der Waals surface area contributed by atoms with Crippen LogP contribution in [0.25, 0.3) is 0 Å². The van der Waals surface area contributed by atoms with E-state index >= 15 is 0 Å². The van der Waals surface area contributed by atoms with Crippen LogP contribution < -0.4 is 59.1 Å². The molecule has 9 atom stereocenters. The number of para-hydroxylation sites is 2. The minimum absolute atomic E-state index is 0. The average Bonchev–Trinajstić information content (AvgIpc) is 1.44. The Hall–Kier alpha value is -7.06. The summed E-state index contributed by atoms with van der Waals surface area (Å²) in [5.74, 6) is -3.10. The van der Waals surface area contributed by atoms with E-state index in [1.165, 1.54) is 37.4 Å². The molecule has 4 N–H and O–H groups in total. The number of benzene rings is 4. The molecule has 36 heteroatoms. The number of nitrogens with zero attached hydrogens (tertiary/aromatic N) is 1. The van der Waals surface area contributed by atoms with Crippen molar-refractivity contribution in [2.24, 2.45) is 11.8 Å². The average molecular weight is 1530 g/mol. The van der Waals surface area contributed by atoms with E-state index in [-0.39, 0.29) is 119 Å². The molecule has 0 aromatic heterocycles. The molecule has 6 rings (SSSR count). The molecular weight excluding hydrogens is 1430 g/mol.